The molecular weight excluding hydrogens is 246 g/mol. The second kappa shape index (κ2) is 6.29. The third-order valence-electron chi connectivity index (χ3n) is 3.64. The fourth-order valence-electron chi connectivity index (χ4n) is 2.49. The van der Waals surface area contributed by atoms with E-state index in [0.29, 0.717) is 18.3 Å². The van der Waals surface area contributed by atoms with Gasteiger partial charge in [0, 0.05) is 25.0 Å². The van der Waals surface area contributed by atoms with E-state index < -0.39 is 0 Å². The van der Waals surface area contributed by atoms with Crippen LogP contribution in [0.2, 0.25) is 0 Å². The molecule has 0 saturated heterocycles. The van der Waals surface area contributed by atoms with E-state index in [1.807, 2.05) is 17.3 Å². The zero-order valence-electron chi connectivity index (χ0n) is 10.9. The molecule has 100 valence electrons. The molecule has 1 aromatic heterocycles. The minimum Gasteiger partial charge on any atom is -0.337 e. The summed E-state index contributed by atoms with van der Waals surface area (Å²) in [7, 11) is 1.90. The topological polar surface area (TPSA) is 59.2 Å². The lowest BCUT2D eigenvalue weighted by Crippen LogP contribution is -2.36. The second-order valence-electron chi connectivity index (χ2n) is 4.89. The maximum atomic E-state index is 12.3. The van der Waals surface area contributed by atoms with Gasteiger partial charge in [-0.25, -0.2) is 4.98 Å². The number of hydrogen-bond donors (Lipinski definition) is 1. The van der Waals surface area contributed by atoms with Gasteiger partial charge in [0.1, 0.15) is 10.7 Å². The molecule has 0 spiro atoms. The van der Waals surface area contributed by atoms with E-state index in [1.165, 1.54) is 37.0 Å². The number of thiazole rings is 1. The lowest BCUT2D eigenvalue weighted by Gasteiger charge is -2.26. The maximum absolute atomic E-state index is 12.3. The van der Waals surface area contributed by atoms with Crippen molar-refractivity contribution in [2.75, 3.05) is 7.05 Å². The Morgan fingerprint density at radius 3 is 2.67 bits per heavy atom. The van der Waals surface area contributed by atoms with E-state index >= 15 is 0 Å². The largest absolute Gasteiger partial charge is 0.337 e. The average molecular weight is 267 g/mol. The third-order valence-corrected chi connectivity index (χ3v) is 4.51. The third kappa shape index (κ3) is 3.09. The molecule has 0 radical (unpaired) electrons. The molecule has 1 aliphatic rings. The van der Waals surface area contributed by atoms with Crippen LogP contribution < -0.4 is 5.73 Å². The first-order valence-electron chi connectivity index (χ1n) is 6.64. The molecule has 1 heterocycles. The Labute approximate surface area is 112 Å². The number of nitrogens with zero attached hydrogens (tertiary/aromatic N) is 2. The molecule has 2 N–H and O–H groups in total. The van der Waals surface area contributed by atoms with Crippen molar-refractivity contribution in [1.82, 2.24) is 9.88 Å². The van der Waals surface area contributed by atoms with Crippen molar-refractivity contribution in [3.63, 3.8) is 0 Å². The van der Waals surface area contributed by atoms with Crippen molar-refractivity contribution in [2.24, 2.45) is 5.73 Å². The summed E-state index contributed by atoms with van der Waals surface area (Å²) in [5.41, 5.74) is 6.07. The SMILES string of the molecule is CN(C(=O)c1csc(CN)n1)C1CCCCCC1. The standard InChI is InChI=1S/C13H21N3OS/c1-16(10-6-4-2-3-5-7-10)13(17)11-9-18-12(8-14)15-11/h9-10H,2-8,14H2,1H3. The molecule has 1 saturated carbocycles. The van der Waals surface area contributed by atoms with Crippen LogP contribution >= 0.6 is 11.3 Å². The summed E-state index contributed by atoms with van der Waals surface area (Å²) in [6, 6.07) is 0.378. The molecule has 1 fully saturated rings. The van der Waals surface area contributed by atoms with Crippen molar-refractivity contribution >= 4 is 17.2 Å². The summed E-state index contributed by atoms with van der Waals surface area (Å²) in [4.78, 5) is 18.5. The molecule has 5 heteroatoms. The van der Waals surface area contributed by atoms with Crippen molar-refractivity contribution < 1.29 is 4.79 Å². The smallest absolute Gasteiger partial charge is 0.273 e. The first-order valence-corrected chi connectivity index (χ1v) is 7.52. The predicted molar refractivity (Wildman–Crippen MR) is 73.6 cm³/mol. The number of carbonyl (C=O) groups is 1. The van der Waals surface area contributed by atoms with Crippen LogP contribution in [-0.2, 0) is 6.54 Å². The molecule has 1 aromatic rings. The van der Waals surface area contributed by atoms with Gasteiger partial charge >= 0.3 is 0 Å². The van der Waals surface area contributed by atoms with Gasteiger partial charge in [0.05, 0.1) is 0 Å². The van der Waals surface area contributed by atoms with Gasteiger partial charge in [0.15, 0.2) is 0 Å². The van der Waals surface area contributed by atoms with Crippen molar-refractivity contribution in [3.8, 4) is 0 Å². The minimum atomic E-state index is 0.0397. The van der Waals surface area contributed by atoms with E-state index in [4.69, 9.17) is 5.73 Å². The van der Waals surface area contributed by atoms with Gasteiger partial charge < -0.3 is 10.6 Å². The van der Waals surface area contributed by atoms with Crippen LogP contribution in [0.15, 0.2) is 5.38 Å². The maximum Gasteiger partial charge on any atom is 0.273 e. The highest BCUT2D eigenvalue weighted by Gasteiger charge is 2.23. The lowest BCUT2D eigenvalue weighted by molar-refractivity contribution is 0.0712. The Kier molecular flexibility index (Phi) is 4.72. The van der Waals surface area contributed by atoms with Crippen molar-refractivity contribution in [1.29, 1.82) is 0 Å². The molecule has 1 amide bonds. The van der Waals surface area contributed by atoms with E-state index in [0.717, 1.165) is 17.8 Å². The van der Waals surface area contributed by atoms with Gasteiger partial charge in [0.2, 0.25) is 0 Å². The van der Waals surface area contributed by atoms with Crippen LogP contribution in [-0.4, -0.2) is 28.9 Å². The summed E-state index contributed by atoms with van der Waals surface area (Å²) < 4.78 is 0. The number of hydrogen-bond acceptors (Lipinski definition) is 4. The number of carbonyl (C=O) groups excluding carboxylic acids is 1. The molecule has 0 unspecified atom stereocenters. The molecule has 0 aliphatic heterocycles. The van der Waals surface area contributed by atoms with Crippen molar-refractivity contribution in [2.45, 2.75) is 51.1 Å². The van der Waals surface area contributed by atoms with Gasteiger partial charge in [-0.05, 0) is 12.8 Å². The summed E-state index contributed by atoms with van der Waals surface area (Å²) in [5, 5.41) is 2.64. The lowest BCUT2D eigenvalue weighted by atomic mass is 10.1. The van der Waals surface area contributed by atoms with Gasteiger partial charge in [-0.15, -0.1) is 11.3 Å². The van der Waals surface area contributed by atoms with Crippen LogP contribution in [0.1, 0.15) is 54.0 Å². The molecular formula is C13H21N3OS. The Bertz CT molecular complexity index is 397. The van der Waals surface area contributed by atoms with E-state index in [1.54, 1.807) is 0 Å². The molecule has 0 aromatic carbocycles. The molecule has 0 atom stereocenters. The first-order chi connectivity index (χ1) is 8.72. The average Bonchev–Trinajstić information content (AvgIpc) is 2.71. The molecule has 4 nitrogen and oxygen atoms in total. The Morgan fingerprint density at radius 2 is 2.11 bits per heavy atom. The van der Waals surface area contributed by atoms with E-state index in [-0.39, 0.29) is 5.91 Å². The summed E-state index contributed by atoms with van der Waals surface area (Å²) >= 11 is 1.46. The zero-order valence-corrected chi connectivity index (χ0v) is 11.7. The van der Waals surface area contributed by atoms with Crippen LogP contribution in [0.4, 0.5) is 0 Å². The minimum absolute atomic E-state index is 0.0397. The quantitative estimate of drug-likeness (QED) is 0.855. The Balaban J connectivity index is 2.02. The van der Waals surface area contributed by atoms with Gasteiger partial charge in [-0.2, -0.15) is 0 Å². The van der Waals surface area contributed by atoms with E-state index in [2.05, 4.69) is 4.98 Å². The Morgan fingerprint density at radius 1 is 1.44 bits per heavy atom. The van der Waals surface area contributed by atoms with Crippen LogP contribution in [0, 0.1) is 0 Å². The summed E-state index contributed by atoms with van der Waals surface area (Å²) in [6.45, 7) is 0.408. The van der Waals surface area contributed by atoms with Crippen molar-refractivity contribution in [3.05, 3.63) is 16.1 Å². The fraction of sp³-hybridized carbons (Fsp3) is 0.692. The highest BCUT2D eigenvalue weighted by molar-refractivity contribution is 7.09. The molecule has 0 bridgehead atoms. The molecule has 1 aliphatic carbocycles. The number of amides is 1. The number of aromatic nitrogens is 1. The highest BCUT2D eigenvalue weighted by Crippen LogP contribution is 2.22. The van der Waals surface area contributed by atoms with Crippen LogP contribution in [0.3, 0.4) is 0 Å². The highest BCUT2D eigenvalue weighted by atomic mass is 32.1. The predicted octanol–water partition coefficient (Wildman–Crippen LogP) is 2.40. The van der Waals surface area contributed by atoms with Crippen LogP contribution in [0.5, 0.6) is 0 Å². The Hall–Kier alpha value is -0.940. The van der Waals surface area contributed by atoms with Crippen LogP contribution in [0.25, 0.3) is 0 Å². The normalized spacial score (nSPS) is 17.4. The first kappa shape index (κ1) is 13.5. The monoisotopic (exact) mass is 267 g/mol. The van der Waals surface area contributed by atoms with E-state index in [9.17, 15) is 4.79 Å². The number of nitrogens with two attached hydrogens (primary N) is 1. The zero-order chi connectivity index (χ0) is 13.0. The van der Waals surface area contributed by atoms with Gasteiger partial charge in [-0.1, -0.05) is 25.7 Å². The van der Waals surface area contributed by atoms with Gasteiger partial charge in [0.25, 0.3) is 5.91 Å². The summed E-state index contributed by atoms with van der Waals surface area (Å²) in [5.74, 6) is 0.0397. The fourth-order valence-corrected chi connectivity index (χ4v) is 3.14. The number of rotatable bonds is 3. The summed E-state index contributed by atoms with van der Waals surface area (Å²) in [6.07, 6.45) is 7.30. The second-order valence-corrected chi connectivity index (χ2v) is 5.83. The molecule has 2 rings (SSSR count). The molecule has 18 heavy (non-hydrogen) atoms. The van der Waals surface area contributed by atoms with Gasteiger partial charge in [-0.3, -0.25) is 4.79 Å².